The Balaban J connectivity index is 2.22. The molecule has 1 aromatic rings. The van der Waals surface area contributed by atoms with Gasteiger partial charge in [-0.2, -0.15) is 13.2 Å². The van der Waals surface area contributed by atoms with E-state index in [4.69, 9.17) is 0 Å². The monoisotopic (exact) mass is 346 g/mol. The maximum absolute atomic E-state index is 14.0. The first kappa shape index (κ1) is 18.2. The van der Waals surface area contributed by atoms with Crippen molar-refractivity contribution in [3.8, 4) is 0 Å². The molecule has 0 atom stereocenters. The zero-order valence-corrected chi connectivity index (χ0v) is 13.2. The first-order valence-corrected chi connectivity index (χ1v) is 7.69. The van der Waals surface area contributed by atoms with E-state index >= 15 is 0 Å². The molecule has 4 nitrogen and oxygen atoms in total. The molecule has 1 aliphatic rings. The summed E-state index contributed by atoms with van der Waals surface area (Å²) in [5, 5.41) is 0. The van der Waals surface area contributed by atoms with E-state index < -0.39 is 30.9 Å². The molecule has 8 heteroatoms. The molecule has 0 radical (unpaired) electrons. The smallest absolute Gasteiger partial charge is 0.338 e. The highest BCUT2D eigenvalue weighted by molar-refractivity contribution is 5.99. The van der Waals surface area contributed by atoms with Gasteiger partial charge in [0, 0.05) is 31.7 Å². The molecule has 0 aromatic heterocycles. The summed E-state index contributed by atoms with van der Waals surface area (Å²) in [7, 11) is 0. The van der Waals surface area contributed by atoms with Crippen LogP contribution in [0.3, 0.4) is 0 Å². The minimum absolute atomic E-state index is 0.0290. The van der Waals surface area contributed by atoms with Crippen LogP contribution in [-0.4, -0.2) is 42.5 Å². The quantitative estimate of drug-likeness (QED) is 0.767. The van der Waals surface area contributed by atoms with Gasteiger partial charge < -0.3 is 9.80 Å². The van der Waals surface area contributed by atoms with Gasteiger partial charge in [-0.25, -0.2) is 4.39 Å². The lowest BCUT2D eigenvalue weighted by Crippen LogP contribution is -2.34. The number of anilines is 1. The molecule has 0 saturated carbocycles. The predicted octanol–water partition coefficient (Wildman–Crippen LogP) is 3.37. The van der Waals surface area contributed by atoms with Crippen LogP contribution in [0.25, 0.3) is 0 Å². The second kappa shape index (κ2) is 7.19. The summed E-state index contributed by atoms with van der Waals surface area (Å²) in [5.41, 5.74) is 0.0605. The van der Waals surface area contributed by atoms with Crippen LogP contribution in [-0.2, 0) is 4.79 Å². The molecule has 0 unspecified atom stereocenters. The van der Waals surface area contributed by atoms with Crippen LogP contribution in [0.1, 0.15) is 36.5 Å². The van der Waals surface area contributed by atoms with Crippen molar-refractivity contribution in [2.24, 2.45) is 0 Å². The van der Waals surface area contributed by atoms with E-state index in [0.717, 1.165) is 11.0 Å². The molecule has 0 aliphatic carbocycles. The van der Waals surface area contributed by atoms with Crippen molar-refractivity contribution in [2.45, 2.75) is 32.4 Å². The lowest BCUT2D eigenvalue weighted by Gasteiger charge is -2.23. The Morgan fingerprint density at radius 3 is 2.58 bits per heavy atom. The Morgan fingerprint density at radius 2 is 2.04 bits per heavy atom. The number of carbonyl (C=O) groups is 2. The Labute approximate surface area is 137 Å². The fourth-order valence-electron chi connectivity index (χ4n) is 2.60. The molecular weight excluding hydrogens is 328 g/mol. The van der Waals surface area contributed by atoms with Gasteiger partial charge in [0.15, 0.2) is 0 Å². The largest absolute Gasteiger partial charge is 0.390 e. The molecule has 132 valence electrons. The van der Waals surface area contributed by atoms with E-state index in [1.54, 1.807) is 0 Å². The van der Waals surface area contributed by atoms with E-state index in [2.05, 4.69) is 0 Å². The minimum Gasteiger partial charge on any atom is -0.338 e. The SMILES string of the molecule is CCN(CCC(F)(F)F)C(=O)c1cc(N2CCCC2=O)ccc1F. The first-order chi connectivity index (χ1) is 11.2. The van der Waals surface area contributed by atoms with Crippen LogP contribution >= 0.6 is 0 Å². The van der Waals surface area contributed by atoms with Gasteiger partial charge in [0.1, 0.15) is 5.82 Å². The number of hydrogen-bond acceptors (Lipinski definition) is 2. The van der Waals surface area contributed by atoms with Gasteiger partial charge in [-0.15, -0.1) is 0 Å². The van der Waals surface area contributed by atoms with Crippen LogP contribution in [0.2, 0.25) is 0 Å². The topological polar surface area (TPSA) is 40.6 Å². The molecule has 1 saturated heterocycles. The Kier molecular flexibility index (Phi) is 5.46. The van der Waals surface area contributed by atoms with Crippen LogP contribution in [0.4, 0.5) is 23.2 Å². The van der Waals surface area contributed by atoms with E-state index in [1.807, 2.05) is 0 Å². The Morgan fingerprint density at radius 1 is 1.33 bits per heavy atom. The van der Waals surface area contributed by atoms with Crippen LogP contribution < -0.4 is 4.90 Å². The summed E-state index contributed by atoms with van der Waals surface area (Å²) in [6.07, 6.45) is -4.49. The number of rotatable bonds is 5. The maximum atomic E-state index is 14.0. The number of halogens is 4. The number of alkyl halides is 3. The summed E-state index contributed by atoms with van der Waals surface area (Å²) < 4.78 is 51.1. The third-order valence-electron chi connectivity index (χ3n) is 3.90. The van der Waals surface area contributed by atoms with Crippen molar-refractivity contribution in [3.05, 3.63) is 29.6 Å². The molecular formula is C16H18F4N2O2. The zero-order chi connectivity index (χ0) is 17.9. The Hall–Kier alpha value is -2.12. The van der Waals surface area contributed by atoms with Crippen molar-refractivity contribution in [3.63, 3.8) is 0 Å². The van der Waals surface area contributed by atoms with Gasteiger partial charge >= 0.3 is 6.18 Å². The first-order valence-electron chi connectivity index (χ1n) is 7.69. The van der Waals surface area contributed by atoms with E-state index in [1.165, 1.54) is 24.0 Å². The molecule has 1 aromatic carbocycles. The fourth-order valence-corrected chi connectivity index (χ4v) is 2.60. The fraction of sp³-hybridized carbons (Fsp3) is 0.500. The highest BCUT2D eigenvalue weighted by Crippen LogP contribution is 2.25. The lowest BCUT2D eigenvalue weighted by atomic mass is 10.1. The van der Waals surface area contributed by atoms with Crippen molar-refractivity contribution >= 4 is 17.5 Å². The number of hydrogen-bond donors (Lipinski definition) is 0. The second-order valence-corrected chi connectivity index (χ2v) is 5.56. The highest BCUT2D eigenvalue weighted by atomic mass is 19.4. The van der Waals surface area contributed by atoms with E-state index in [0.29, 0.717) is 25.1 Å². The highest BCUT2D eigenvalue weighted by Gasteiger charge is 2.30. The van der Waals surface area contributed by atoms with Crippen LogP contribution in [0.15, 0.2) is 18.2 Å². The Bertz CT molecular complexity index is 631. The van der Waals surface area contributed by atoms with Gasteiger partial charge in [-0.1, -0.05) is 0 Å². The third-order valence-corrected chi connectivity index (χ3v) is 3.90. The summed E-state index contributed by atoms with van der Waals surface area (Å²) in [6, 6.07) is 3.68. The number of nitrogens with zero attached hydrogens (tertiary/aromatic N) is 2. The normalized spacial score (nSPS) is 15.0. The van der Waals surface area contributed by atoms with Gasteiger partial charge in [0.25, 0.3) is 5.91 Å². The average molecular weight is 346 g/mol. The van der Waals surface area contributed by atoms with Crippen molar-refractivity contribution in [2.75, 3.05) is 24.5 Å². The van der Waals surface area contributed by atoms with E-state index in [-0.39, 0.29) is 18.0 Å². The van der Waals surface area contributed by atoms with Gasteiger partial charge in [-0.3, -0.25) is 9.59 Å². The summed E-state index contributed by atoms with van der Waals surface area (Å²) in [5.74, 6) is -1.75. The van der Waals surface area contributed by atoms with Crippen LogP contribution in [0, 0.1) is 5.82 Å². The number of benzene rings is 1. The number of carbonyl (C=O) groups excluding carboxylic acids is 2. The molecule has 2 rings (SSSR count). The summed E-state index contributed by atoms with van der Waals surface area (Å²) in [6.45, 7) is 1.50. The van der Waals surface area contributed by atoms with E-state index in [9.17, 15) is 27.2 Å². The van der Waals surface area contributed by atoms with Gasteiger partial charge in [0.2, 0.25) is 5.91 Å². The molecule has 2 amide bonds. The van der Waals surface area contributed by atoms with Crippen LogP contribution in [0.5, 0.6) is 0 Å². The molecule has 0 spiro atoms. The molecule has 24 heavy (non-hydrogen) atoms. The molecule has 1 fully saturated rings. The number of amides is 2. The minimum atomic E-state index is -4.39. The third kappa shape index (κ3) is 4.24. The van der Waals surface area contributed by atoms with Crippen molar-refractivity contribution in [1.82, 2.24) is 4.90 Å². The van der Waals surface area contributed by atoms with Gasteiger partial charge in [0.05, 0.1) is 12.0 Å². The van der Waals surface area contributed by atoms with Crippen molar-refractivity contribution in [1.29, 1.82) is 0 Å². The summed E-state index contributed by atoms with van der Waals surface area (Å²) in [4.78, 5) is 26.5. The van der Waals surface area contributed by atoms with Crippen molar-refractivity contribution < 1.29 is 27.2 Å². The second-order valence-electron chi connectivity index (χ2n) is 5.56. The standard InChI is InChI=1S/C16H18F4N2O2/c1-2-21(9-7-16(18,19)20)15(24)12-10-11(5-6-13(12)17)22-8-3-4-14(22)23/h5-6,10H,2-4,7-9H2,1H3. The zero-order valence-electron chi connectivity index (χ0n) is 13.2. The summed E-state index contributed by atoms with van der Waals surface area (Å²) >= 11 is 0. The molecule has 1 aliphatic heterocycles. The predicted molar refractivity (Wildman–Crippen MR) is 80.2 cm³/mol. The lowest BCUT2D eigenvalue weighted by molar-refractivity contribution is -0.136. The average Bonchev–Trinajstić information content (AvgIpc) is 2.93. The maximum Gasteiger partial charge on any atom is 0.390 e. The molecule has 1 heterocycles. The molecule has 0 bridgehead atoms. The molecule has 0 N–H and O–H groups in total. The van der Waals surface area contributed by atoms with Gasteiger partial charge in [-0.05, 0) is 31.5 Å².